The number of esters is 1. The largest absolute Gasteiger partial charge is 0.543 e. The van der Waals surface area contributed by atoms with Crippen molar-refractivity contribution in [3.63, 3.8) is 0 Å². The third kappa shape index (κ3) is 30.0. The number of Topliss-reactive ketones (excluding diaryl/α,β-unsaturated/α-hetero) is 3. The summed E-state index contributed by atoms with van der Waals surface area (Å²) in [5.41, 5.74) is 25.3. The van der Waals surface area contributed by atoms with Gasteiger partial charge in [-0.25, -0.2) is 4.79 Å². The molecule has 0 unspecified atom stereocenters. The molecular formula is C79H105BrCl2N8O18SSi. The highest BCUT2D eigenvalue weighted by atomic mass is 79.9. The van der Waals surface area contributed by atoms with Crippen LogP contribution in [-0.2, 0) is 97.0 Å². The molecule has 110 heavy (non-hydrogen) atoms. The fourth-order valence-electron chi connectivity index (χ4n) is 9.68. The van der Waals surface area contributed by atoms with E-state index in [4.69, 9.17) is 80.0 Å². The molecule has 0 spiro atoms. The maximum absolute atomic E-state index is 13.5. The smallest absolute Gasteiger partial charge is 0.338 e. The maximum Gasteiger partial charge on any atom is 0.338 e. The van der Waals surface area contributed by atoms with Gasteiger partial charge in [0.15, 0.2) is 0 Å². The number of primary amides is 3. The summed E-state index contributed by atoms with van der Waals surface area (Å²) in [6.45, 7) is 18.3. The van der Waals surface area contributed by atoms with Gasteiger partial charge < -0.3 is 75.6 Å². The number of ether oxygens (including phenoxy) is 4. The summed E-state index contributed by atoms with van der Waals surface area (Å²) in [6.07, 6.45) is -20.2. The number of phenolic OH excluding ortho intramolecular Hbond substituents is 1. The average Bonchev–Trinajstić information content (AvgIpc) is 1.47. The molecule has 10 rings (SSSR count). The lowest BCUT2D eigenvalue weighted by Crippen LogP contribution is -2.45. The summed E-state index contributed by atoms with van der Waals surface area (Å²) in [5, 5.41) is 10.5. The molecule has 0 aliphatic carbocycles. The van der Waals surface area contributed by atoms with Crippen LogP contribution in [0.4, 0.5) is 0 Å². The minimum atomic E-state index is -4.00. The number of hydrogen-bond donors (Lipinski definition) is 6. The van der Waals surface area contributed by atoms with Crippen molar-refractivity contribution >= 4 is 111 Å². The number of phenols is 1. The van der Waals surface area contributed by atoms with Crippen LogP contribution in [0.3, 0.4) is 0 Å². The summed E-state index contributed by atoms with van der Waals surface area (Å²) < 4.78 is 191. The number of benzene rings is 6. The maximum atomic E-state index is 13.5. The number of rotatable bonds is 27. The van der Waals surface area contributed by atoms with Crippen LogP contribution in [0, 0.1) is 0 Å². The Morgan fingerprint density at radius 2 is 1.09 bits per heavy atom. The van der Waals surface area contributed by atoms with Gasteiger partial charge in [-0.15, -0.1) is 24.0 Å². The van der Waals surface area contributed by atoms with Crippen molar-refractivity contribution in [2.24, 2.45) is 22.9 Å². The van der Waals surface area contributed by atoms with E-state index < -0.39 is 135 Å². The number of nitrogens with zero attached hydrogens (tertiary/aromatic N) is 4. The predicted octanol–water partition coefficient (Wildman–Crippen LogP) is 10.4. The van der Waals surface area contributed by atoms with Gasteiger partial charge in [0.25, 0.3) is 21.9 Å². The fraction of sp³-hybridized carbons (Fsp3) is 0.430. The van der Waals surface area contributed by atoms with Gasteiger partial charge >= 0.3 is 5.97 Å². The topological polar surface area (TPSA) is 391 Å². The van der Waals surface area contributed by atoms with Gasteiger partial charge in [-0.2, -0.15) is 8.42 Å². The van der Waals surface area contributed by atoms with Crippen molar-refractivity contribution in [1.82, 2.24) is 19.6 Å². The molecular weight excluding hydrogens is 1560 g/mol. The standard InChI is InChI=1S/C26H31N3O5.C15H23BrO3Si.C14H16N2O4.C12H16ClNO.C6H12N2O2.C6H6O3S.ClH/c1-18(30)5-10-23(25(27)31)29-16-22-21(26(29)32)3-2-4-24(22)34-17-20-8-6-19(7-9-20)15-28-11-13-33-14-12-28;1-15(2,3)20(5,6)19-13-9-7-8-11(12(13)10-16)14(17)18-4;1-8(17)5-6-11(13(15)19)16-7-10-9(14(16)20)3-2-4-12(10)18;13-9-11-1-3-12(4-2-11)10-14-5-7-15-8-6-14;1-4(9)2-3-5(7)6(8)10;7-10(8,9)6-4-2-1-3-5-6;/h2-4,6-9,23H,5,10-17H2,1H3,(H2,27,31);7-9H,10H2,1-6H3;2-4,11,18H,5-7H2,1H3,(H2,15,19);1-4H,5-10H2;5H,2-3,7H2,1H3,(H2,8,10);1-5H,(H,7,8,9);1H/t23-;;11-;;5-;;/m0.0.0../s1/i5D2,10D2,16D2,23D;;5D2,6D2,11D;;2D2,3D2,5D;;. The quantitative estimate of drug-likeness (QED) is 0.0121. The lowest BCUT2D eigenvalue weighted by molar-refractivity contribution is -0.124. The third-order valence-corrected chi connectivity index (χ3v) is 22.5. The van der Waals surface area contributed by atoms with Crippen molar-refractivity contribution in [2.75, 3.05) is 59.7 Å². The van der Waals surface area contributed by atoms with Gasteiger partial charge in [0, 0.05) is 114 Å². The molecule has 2 saturated heterocycles. The molecule has 6 aromatic carbocycles. The second-order valence-electron chi connectivity index (χ2n) is 25.6. The summed E-state index contributed by atoms with van der Waals surface area (Å²) in [5.74, 6) is -10.4. The monoisotopic (exact) mass is 1680 g/mol. The number of alkyl halides is 2. The summed E-state index contributed by atoms with van der Waals surface area (Å²) in [4.78, 5) is 113. The SMILES string of the molecule is COC(=O)c1cccc(O[Si](C)(C)C(C)(C)C)c1CBr.Cl.ClCc1ccc(CN2CCOCC2)cc1.O=S(=O)(O)c1ccccc1.[2H]C([2H])(C(C)=O)C([2H])([2H])[C@@]([2H])(C(N)=O)N1Cc2c(O)cccc2C1=O.[2H]C([2H])(C(C)=O)C([2H])([2H])[C@]([2H])(N)C(N)=O.[2H]C1([2H])c2c(OCc3ccc(CN4CCOCC4)cc3)cccc2C(=O)N1[C@]([2H])(C(N)=O)C([2H])([2H])C([2H])([2H])C(C)=O. The molecule has 10 N–H and O–H groups in total. The van der Waals surface area contributed by atoms with Crippen molar-refractivity contribution in [3.8, 4) is 17.2 Å². The first-order valence-electron chi connectivity index (χ1n) is 42.1. The number of morpholine rings is 2. The van der Waals surface area contributed by atoms with Gasteiger partial charge in [-0.05, 0) is 129 Å². The van der Waals surface area contributed by atoms with Crippen molar-refractivity contribution in [2.45, 2.75) is 165 Å². The molecule has 4 aliphatic rings. The summed E-state index contributed by atoms with van der Waals surface area (Å²) >= 11 is 9.19. The first-order chi connectivity index (χ1) is 57.9. The number of amides is 5. The zero-order valence-corrected chi connectivity index (χ0v) is 67.2. The zero-order valence-electron chi connectivity index (χ0n) is 79.2. The van der Waals surface area contributed by atoms with E-state index in [2.05, 4.69) is 89.6 Å². The number of fused-ring (bicyclic) bond motifs is 2. The Kier molecular flexibility index (Phi) is 28.9. The van der Waals surface area contributed by atoms with Crippen LogP contribution in [0.5, 0.6) is 17.2 Å². The molecule has 600 valence electrons. The number of carbonyl (C=O) groups excluding carboxylic acids is 9. The summed E-state index contributed by atoms with van der Waals surface area (Å²) in [6, 6.07) is 27.1. The Hall–Kier alpha value is -8.46. The molecule has 0 bridgehead atoms. The van der Waals surface area contributed by atoms with Gasteiger partial charge in [-0.1, -0.05) is 122 Å². The fourth-order valence-corrected chi connectivity index (χ4v) is 12.0. The lowest BCUT2D eigenvalue weighted by Gasteiger charge is -2.37. The first-order valence-corrected chi connectivity index (χ1v) is 39.6. The van der Waals surface area contributed by atoms with Crippen LogP contribution in [0.2, 0.25) is 18.1 Å². The van der Waals surface area contributed by atoms with Crippen LogP contribution < -0.4 is 32.1 Å². The number of methoxy groups -OCH3 is 1. The van der Waals surface area contributed by atoms with E-state index >= 15 is 0 Å². The van der Waals surface area contributed by atoms with Gasteiger partial charge in [0.1, 0.15) is 53.2 Å². The molecule has 0 radical (unpaired) electrons. The Morgan fingerprint density at radius 3 is 1.53 bits per heavy atom. The number of halogens is 3. The highest BCUT2D eigenvalue weighted by molar-refractivity contribution is 9.08. The molecule has 4 aliphatic heterocycles. The number of hydrogen-bond acceptors (Lipinski definition) is 20. The molecule has 5 amide bonds. The van der Waals surface area contributed by atoms with Crippen LogP contribution in [0.25, 0.3) is 0 Å². The molecule has 0 saturated carbocycles. The molecule has 26 nitrogen and oxygen atoms in total. The van der Waals surface area contributed by atoms with E-state index in [0.29, 0.717) is 34.9 Å². The highest BCUT2D eigenvalue weighted by Gasteiger charge is 2.41. The van der Waals surface area contributed by atoms with Crippen LogP contribution in [-0.4, -0.2) is 177 Å². The van der Waals surface area contributed by atoms with E-state index in [1.807, 2.05) is 36.4 Å². The van der Waals surface area contributed by atoms with E-state index in [1.54, 1.807) is 24.3 Å². The van der Waals surface area contributed by atoms with E-state index in [1.165, 1.54) is 66.8 Å². The predicted molar refractivity (Wildman–Crippen MR) is 428 cm³/mol. The molecule has 2 fully saturated rings. The second kappa shape index (κ2) is 45.8. The second-order valence-corrected chi connectivity index (χ2v) is 32.6. The normalized spacial score (nSPS) is 19.2. The van der Waals surface area contributed by atoms with Crippen molar-refractivity contribution < 1.29 is 108 Å². The van der Waals surface area contributed by atoms with E-state index in [-0.39, 0.29) is 73.6 Å². The van der Waals surface area contributed by atoms with E-state index in [9.17, 15) is 56.7 Å². The Morgan fingerprint density at radius 1 is 0.645 bits per heavy atom. The zero-order chi connectivity index (χ0) is 96.1. The van der Waals surface area contributed by atoms with E-state index in [0.717, 1.165) is 95.7 Å². The minimum Gasteiger partial charge on any atom is -0.543 e. The number of ketones is 3. The third-order valence-electron chi connectivity index (χ3n) is 16.4. The Bertz CT molecular complexity index is 5020. The molecule has 0 aromatic heterocycles. The first kappa shape index (κ1) is 69.5. The molecule has 31 heteroatoms. The van der Waals surface area contributed by atoms with Crippen LogP contribution >= 0.6 is 39.9 Å². The Labute approximate surface area is 689 Å². The van der Waals surface area contributed by atoms with Crippen molar-refractivity contribution in [3.05, 3.63) is 189 Å². The van der Waals surface area contributed by atoms with Gasteiger partial charge in [0.2, 0.25) is 26.0 Å². The number of aromatic hydroxyl groups is 1. The highest BCUT2D eigenvalue weighted by Crippen LogP contribution is 2.40. The average molecular weight is 1680 g/mol. The number of carbonyl (C=O) groups is 9. The van der Waals surface area contributed by atoms with Crippen LogP contribution in [0.15, 0.2) is 138 Å². The summed E-state index contributed by atoms with van der Waals surface area (Å²) in [7, 11) is -4.55. The minimum absolute atomic E-state index is 0. The molecule has 6 aromatic rings. The van der Waals surface area contributed by atoms with Crippen LogP contribution in [0.1, 0.15) is 173 Å². The Balaban J connectivity index is 0.000000340. The molecule has 4 heterocycles. The molecule has 3 atom stereocenters. The lowest BCUT2D eigenvalue weighted by atomic mass is 10.1. The van der Waals surface area contributed by atoms with Crippen molar-refractivity contribution in [1.29, 1.82) is 0 Å². The van der Waals surface area contributed by atoms with Gasteiger partial charge in [-0.3, -0.25) is 38.3 Å². The van der Waals surface area contributed by atoms with Gasteiger partial charge in [0.05, 0.1) is 69.9 Å². The number of nitrogens with two attached hydrogens (primary N) is 4.